The molecule has 0 aliphatic carbocycles. The first kappa shape index (κ1) is 14.8. The molecule has 3 aromatic carbocycles. The van der Waals surface area contributed by atoms with E-state index in [2.05, 4.69) is 0 Å². The first-order valence-corrected chi connectivity index (χ1v) is 7.59. The lowest BCUT2D eigenvalue weighted by molar-refractivity contribution is 0.285. The SMILES string of the molecule is FC(c1ccccc1)C(Cl)(c1ccccc1)c1ccccc1. The molecule has 0 N–H and O–H groups in total. The van der Waals surface area contributed by atoms with Gasteiger partial charge in [-0.1, -0.05) is 91.0 Å². The third kappa shape index (κ3) is 2.65. The molecule has 0 nitrogen and oxygen atoms in total. The lowest BCUT2D eigenvalue weighted by Gasteiger charge is -2.32. The second-order valence-electron chi connectivity index (χ2n) is 5.22. The maximum atomic E-state index is 15.4. The van der Waals surface area contributed by atoms with Crippen LogP contribution < -0.4 is 0 Å². The summed E-state index contributed by atoms with van der Waals surface area (Å²) in [4.78, 5) is -1.25. The number of alkyl halides is 2. The molecule has 22 heavy (non-hydrogen) atoms. The molecule has 3 rings (SSSR count). The van der Waals surface area contributed by atoms with Crippen LogP contribution in [0.3, 0.4) is 0 Å². The summed E-state index contributed by atoms with van der Waals surface area (Å²) in [5.74, 6) is 0. The fourth-order valence-electron chi connectivity index (χ4n) is 2.67. The summed E-state index contributed by atoms with van der Waals surface area (Å²) in [7, 11) is 0. The zero-order valence-corrected chi connectivity index (χ0v) is 12.7. The molecular weight excluding hydrogens is 295 g/mol. The Morgan fingerprint density at radius 3 is 1.41 bits per heavy atom. The molecule has 0 saturated carbocycles. The van der Waals surface area contributed by atoms with Crippen LogP contribution in [-0.2, 0) is 4.87 Å². The van der Waals surface area contributed by atoms with Crippen molar-refractivity contribution in [1.82, 2.24) is 0 Å². The number of benzene rings is 3. The van der Waals surface area contributed by atoms with Crippen LogP contribution in [0.15, 0.2) is 91.0 Å². The Kier molecular flexibility index (Phi) is 4.26. The minimum absolute atomic E-state index is 0.574. The van der Waals surface area contributed by atoms with Gasteiger partial charge in [0.15, 0.2) is 6.17 Å². The summed E-state index contributed by atoms with van der Waals surface area (Å²) in [6.45, 7) is 0. The Balaban J connectivity index is 2.16. The zero-order valence-electron chi connectivity index (χ0n) is 12.0. The van der Waals surface area contributed by atoms with E-state index >= 15 is 4.39 Å². The van der Waals surface area contributed by atoms with E-state index in [-0.39, 0.29) is 0 Å². The van der Waals surface area contributed by atoms with Gasteiger partial charge in [0, 0.05) is 0 Å². The highest BCUT2D eigenvalue weighted by Crippen LogP contribution is 2.48. The first-order valence-electron chi connectivity index (χ1n) is 7.22. The minimum atomic E-state index is -1.35. The molecule has 0 amide bonds. The quantitative estimate of drug-likeness (QED) is 0.528. The highest BCUT2D eigenvalue weighted by molar-refractivity contribution is 6.26. The van der Waals surface area contributed by atoms with Gasteiger partial charge < -0.3 is 0 Å². The van der Waals surface area contributed by atoms with Crippen molar-refractivity contribution in [3.63, 3.8) is 0 Å². The van der Waals surface area contributed by atoms with Gasteiger partial charge in [0.2, 0.25) is 0 Å². The van der Waals surface area contributed by atoms with Crippen LogP contribution in [0.5, 0.6) is 0 Å². The molecule has 3 aromatic rings. The monoisotopic (exact) mass is 310 g/mol. The molecule has 0 aliphatic rings. The van der Waals surface area contributed by atoms with Crippen LogP contribution in [0.4, 0.5) is 4.39 Å². The van der Waals surface area contributed by atoms with Crippen LogP contribution in [0.25, 0.3) is 0 Å². The number of hydrogen-bond acceptors (Lipinski definition) is 0. The zero-order chi connectivity index (χ0) is 15.4. The molecular formula is C20H16ClF. The van der Waals surface area contributed by atoms with E-state index in [0.29, 0.717) is 5.56 Å². The summed E-state index contributed by atoms with van der Waals surface area (Å²) >= 11 is 6.90. The molecule has 0 saturated heterocycles. The predicted molar refractivity (Wildman–Crippen MR) is 89.8 cm³/mol. The average Bonchev–Trinajstić information content (AvgIpc) is 2.62. The normalized spacial score (nSPS) is 12.8. The van der Waals surface area contributed by atoms with Crippen LogP contribution in [0.2, 0.25) is 0 Å². The smallest absolute Gasteiger partial charge is 0.152 e. The summed E-state index contributed by atoms with van der Waals surface area (Å²) in [6.07, 6.45) is -1.35. The van der Waals surface area contributed by atoms with E-state index < -0.39 is 11.0 Å². The van der Waals surface area contributed by atoms with Crippen molar-refractivity contribution < 1.29 is 4.39 Å². The summed E-state index contributed by atoms with van der Waals surface area (Å²) in [5.41, 5.74) is 2.07. The van der Waals surface area contributed by atoms with Gasteiger partial charge in [-0.05, 0) is 16.7 Å². The van der Waals surface area contributed by atoms with E-state index in [9.17, 15) is 0 Å². The third-order valence-electron chi connectivity index (χ3n) is 3.83. The van der Waals surface area contributed by atoms with Crippen LogP contribution in [0.1, 0.15) is 22.9 Å². The van der Waals surface area contributed by atoms with Gasteiger partial charge in [-0.25, -0.2) is 4.39 Å². The van der Waals surface area contributed by atoms with Crippen LogP contribution in [-0.4, -0.2) is 0 Å². The Bertz CT molecular complexity index is 671. The maximum absolute atomic E-state index is 15.4. The number of hydrogen-bond donors (Lipinski definition) is 0. The fraction of sp³-hybridized carbons (Fsp3) is 0.100. The Hall–Kier alpha value is -2.12. The van der Waals surface area contributed by atoms with Crippen LogP contribution in [0, 0.1) is 0 Å². The van der Waals surface area contributed by atoms with Gasteiger partial charge in [-0.2, -0.15) is 0 Å². The average molecular weight is 311 g/mol. The van der Waals surface area contributed by atoms with Crippen molar-refractivity contribution in [1.29, 1.82) is 0 Å². The topological polar surface area (TPSA) is 0 Å². The van der Waals surface area contributed by atoms with E-state index in [4.69, 9.17) is 11.6 Å². The molecule has 0 aliphatic heterocycles. The van der Waals surface area contributed by atoms with E-state index in [1.165, 1.54) is 0 Å². The number of halogens is 2. The highest BCUT2D eigenvalue weighted by Gasteiger charge is 2.41. The minimum Gasteiger partial charge on any atom is -0.240 e. The molecule has 0 heterocycles. The maximum Gasteiger partial charge on any atom is 0.152 e. The van der Waals surface area contributed by atoms with Gasteiger partial charge in [0.25, 0.3) is 0 Å². The molecule has 0 aromatic heterocycles. The standard InChI is InChI=1S/C20H16ClF/c21-20(17-12-6-2-7-13-17,18-14-8-3-9-15-18)19(22)16-10-4-1-5-11-16/h1-15,19H. The molecule has 0 fully saturated rings. The molecule has 1 atom stereocenters. The summed E-state index contributed by atoms with van der Waals surface area (Å²) in [6, 6.07) is 27.9. The molecule has 2 heteroatoms. The largest absolute Gasteiger partial charge is 0.240 e. The Morgan fingerprint density at radius 2 is 1.00 bits per heavy atom. The van der Waals surface area contributed by atoms with Crippen molar-refractivity contribution in [2.45, 2.75) is 11.0 Å². The fourth-order valence-corrected chi connectivity index (χ4v) is 3.05. The highest BCUT2D eigenvalue weighted by atomic mass is 35.5. The molecule has 1 unspecified atom stereocenters. The van der Waals surface area contributed by atoms with Gasteiger partial charge in [0.05, 0.1) is 0 Å². The number of rotatable bonds is 4. The van der Waals surface area contributed by atoms with E-state index in [1.54, 1.807) is 12.1 Å². The second kappa shape index (κ2) is 6.33. The first-order chi connectivity index (χ1) is 10.7. The van der Waals surface area contributed by atoms with E-state index in [1.807, 2.05) is 78.9 Å². The van der Waals surface area contributed by atoms with Crippen molar-refractivity contribution in [2.24, 2.45) is 0 Å². The van der Waals surface area contributed by atoms with Gasteiger partial charge in [-0.3, -0.25) is 0 Å². The van der Waals surface area contributed by atoms with Crippen molar-refractivity contribution in [2.75, 3.05) is 0 Å². The summed E-state index contributed by atoms with van der Waals surface area (Å²) < 4.78 is 15.4. The second-order valence-corrected chi connectivity index (χ2v) is 5.81. The lowest BCUT2D eigenvalue weighted by atomic mass is 9.83. The van der Waals surface area contributed by atoms with Gasteiger partial charge in [-0.15, -0.1) is 11.6 Å². The molecule has 0 bridgehead atoms. The van der Waals surface area contributed by atoms with E-state index in [0.717, 1.165) is 11.1 Å². The summed E-state index contributed by atoms with van der Waals surface area (Å²) in [5, 5.41) is 0. The van der Waals surface area contributed by atoms with Crippen LogP contribution >= 0.6 is 11.6 Å². The Morgan fingerprint density at radius 1 is 0.636 bits per heavy atom. The van der Waals surface area contributed by atoms with Crippen molar-refractivity contribution in [3.8, 4) is 0 Å². The third-order valence-corrected chi connectivity index (χ3v) is 4.46. The molecule has 0 spiro atoms. The van der Waals surface area contributed by atoms with Gasteiger partial charge >= 0.3 is 0 Å². The molecule has 110 valence electrons. The van der Waals surface area contributed by atoms with Crippen molar-refractivity contribution in [3.05, 3.63) is 108 Å². The van der Waals surface area contributed by atoms with Gasteiger partial charge in [0.1, 0.15) is 4.87 Å². The molecule has 0 radical (unpaired) electrons. The van der Waals surface area contributed by atoms with Crippen molar-refractivity contribution >= 4 is 11.6 Å². The lowest BCUT2D eigenvalue weighted by Crippen LogP contribution is -2.26. The predicted octanol–water partition coefficient (Wildman–Crippen LogP) is 5.88. The Labute approximate surface area is 135 Å².